The number of rotatable bonds is 10. The number of hydrogen-bond donors (Lipinski definition) is 3. The van der Waals surface area contributed by atoms with E-state index in [0.717, 1.165) is 43.3 Å². The van der Waals surface area contributed by atoms with Crippen LogP contribution in [0.3, 0.4) is 0 Å². The quantitative estimate of drug-likeness (QED) is 0.338. The summed E-state index contributed by atoms with van der Waals surface area (Å²) in [5.74, 6) is 0.993. The molecule has 0 saturated carbocycles. The van der Waals surface area contributed by atoms with Gasteiger partial charge in [-0.15, -0.1) is 6.58 Å². The van der Waals surface area contributed by atoms with E-state index in [1.54, 1.807) is 30.0 Å². The van der Waals surface area contributed by atoms with E-state index in [4.69, 9.17) is 4.74 Å². The highest BCUT2D eigenvalue weighted by Gasteiger charge is 2.19. The molecule has 1 amide bonds. The van der Waals surface area contributed by atoms with Crippen molar-refractivity contribution in [1.82, 2.24) is 24.8 Å². The summed E-state index contributed by atoms with van der Waals surface area (Å²) in [6.07, 6.45) is 4.76. The Labute approximate surface area is 228 Å². The smallest absolute Gasteiger partial charge is 0.256 e. The molecule has 3 heterocycles. The number of ether oxygens (including phenoxy) is 1. The Morgan fingerprint density at radius 2 is 1.87 bits per heavy atom. The lowest BCUT2D eigenvalue weighted by Crippen LogP contribution is -2.44. The third-order valence-electron chi connectivity index (χ3n) is 6.48. The molecule has 4 rings (SSSR count). The van der Waals surface area contributed by atoms with Gasteiger partial charge in [0.1, 0.15) is 17.1 Å². The molecule has 206 valence electrons. The van der Waals surface area contributed by atoms with Crippen molar-refractivity contribution < 1.29 is 9.53 Å². The van der Waals surface area contributed by atoms with Gasteiger partial charge >= 0.3 is 0 Å². The standard InChI is InChI=1S/C28H36N8O3/c1-6-11-29-27(38)22-17-30-28(33-26(22)31-21-8-10-25(37)36(18-21)19(2)3)32-20-7-9-23(24(16-20)39-5)35-14-12-34(4)13-15-35/h6-10,16-19H,1,11-15H2,2-5H3,(H,29,38)(H2,30,31,32,33). The fraction of sp³-hybridized carbons (Fsp3) is 0.357. The van der Waals surface area contributed by atoms with Gasteiger partial charge in [-0.1, -0.05) is 6.08 Å². The maximum atomic E-state index is 12.8. The van der Waals surface area contributed by atoms with Gasteiger partial charge < -0.3 is 35.1 Å². The first kappa shape index (κ1) is 27.6. The Balaban J connectivity index is 1.62. The van der Waals surface area contributed by atoms with Crippen molar-refractivity contribution in [2.75, 3.05) is 62.4 Å². The van der Waals surface area contributed by atoms with Crippen LogP contribution in [0.5, 0.6) is 5.75 Å². The van der Waals surface area contributed by atoms with E-state index in [1.165, 1.54) is 12.3 Å². The number of likely N-dealkylation sites (N-methyl/N-ethyl adjacent to an activating group) is 1. The number of piperazine rings is 1. The second-order valence-corrected chi connectivity index (χ2v) is 9.64. The number of methoxy groups -OCH3 is 1. The van der Waals surface area contributed by atoms with Gasteiger partial charge in [0.05, 0.1) is 18.5 Å². The lowest BCUT2D eigenvalue weighted by Gasteiger charge is -2.34. The molecule has 1 fully saturated rings. The number of pyridine rings is 1. The van der Waals surface area contributed by atoms with Crippen LogP contribution in [0.25, 0.3) is 0 Å². The normalized spacial score (nSPS) is 13.7. The largest absolute Gasteiger partial charge is 0.495 e. The molecular formula is C28H36N8O3. The molecule has 11 nitrogen and oxygen atoms in total. The number of benzene rings is 1. The SMILES string of the molecule is C=CCNC(=O)c1cnc(Nc2ccc(N3CCN(C)CC3)c(OC)c2)nc1Nc1ccc(=O)n(C(C)C)c1. The van der Waals surface area contributed by atoms with Crippen LogP contribution in [0.1, 0.15) is 30.2 Å². The van der Waals surface area contributed by atoms with Crippen LogP contribution >= 0.6 is 0 Å². The van der Waals surface area contributed by atoms with E-state index in [0.29, 0.717) is 24.0 Å². The molecule has 0 unspecified atom stereocenters. The number of nitrogens with zero attached hydrogens (tertiary/aromatic N) is 5. The predicted molar refractivity (Wildman–Crippen MR) is 155 cm³/mol. The van der Waals surface area contributed by atoms with E-state index in [9.17, 15) is 9.59 Å². The first-order chi connectivity index (χ1) is 18.8. The maximum Gasteiger partial charge on any atom is 0.256 e. The topological polar surface area (TPSA) is 117 Å². The summed E-state index contributed by atoms with van der Waals surface area (Å²) >= 11 is 0. The van der Waals surface area contributed by atoms with Crippen LogP contribution in [0.4, 0.5) is 28.8 Å². The first-order valence-corrected chi connectivity index (χ1v) is 12.9. The van der Waals surface area contributed by atoms with Crippen LogP contribution < -0.4 is 31.1 Å². The van der Waals surface area contributed by atoms with Crippen molar-refractivity contribution in [2.24, 2.45) is 0 Å². The van der Waals surface area contributed by atoms with E-state index in [-0.39, 0.29) is 23.1 Å². The van der Waals surface area contributed by atoms with Gasteiger partial charge in [0, 0.05) is 69.0 Å². The summed E-state index contributed by atoms with van der Waals surface area (Å²) in [4.78, 5) is 38.6. The second-order valence-electron chi connectivity index (χ2n) is 9.64. The molecule has 1 saturated heterocycles. The highest BCUT2D eigenvalue weighted by molar-refractivity contribution is 5.99. The Kier molecular flexibility index (Phi) is 8.82. The van der Waals surface area contributed by atoms with Gasteiger partial charge in [0.25, 0.3) is 11.5 Å². The number of hydrogen-bond acceptors (Lipinski definition) is 9. The fourth-order valence-corrected chi connectivity index (χ4v) is 4.27. The highest BCUT2D eigenvalue weighted by atomic mass is 16.5. The van der Waals surface area contributed by atoms with Gasteiger partial charge in [-0.3, -0.25) is 9.59 Å². The Bertz CT molecular complexity index is 1380. The average Bonchev–Trinajstić information content (AvgIpc) is 2.93. The first-order valence-electron chi connectivity index (χ1n) is 12.9. The monoisotopic (exact) mass is 532 g/mol. The highest BCUT2D eigenvalue weighted by Crippen LogP contribution is 2.33. The lowest BCUT2D eigenvalue weighted by molar-refractivity contribution is 0.0958. The number of carbonyl (C=O) groups is 1. The fourth-order valence-electron chi connectivity index (χ4n) is 4.27. The third-order valence-corrected chi connectivity index (χ3v) is 6.48. The summed E-state index contributed by atoms with van der Waals surface area (Å²) in [5, 5.41) is 9.16. The van der Waals surface area contributed by atoms with Crippen LogP contribution in [0, 0.1) is 0 Å². The summed E-state index contributed by atoms with van der Waals surface area (Å²) < 4.78 is 7.30. The summed E-state index contributed by atoms with van der Waals surface area (Å²) in [5.41, 5.74) is 2.54. The van der Waals surface area contributed by atoms with Crippen molar-refractivity contribution in [3.05, 3.63) is 71.3 Å². The van der Waals surface area contributed by atoms with Gasteiger partial charge in [0.15, 0.2) is 0 Å². The van der Waals surface area contributed by atoms with E-state index in [1.807, 2.05) is 32.0 Å². The van der Waals surface area contributed by atoms with Crippen LogP contribution in [-0.4, -0.2) is 72.2 Å². The molecule has 3 N–H and O–H groups in total. The van der Waals surface area contributed by atoms with Gasteiger partial charge in [-0.2, -0.15) is 4.98 Å². The molecule has 1 aliphatic rings. The van der Waals surface area contributed by atoms with Crippen LogP contribution in [-0.2, 0) is 0 Å². The number of nitrogens with one attached hydrogen (secondary N) is 3. The second kappa shape index (κ2) is 12.4. The van der Waals surface area contributed by atoms with Gasteiger partial charge in [0.2, 0.25) is 5.95 Å². The molecule has 1 aromatic carbocycles. The summed E-state index contributed by atoms with van der Waals surface area (Å²) in [6.45, 7) is 11.6. The minimum Gasteiger partial charge on any atom is -0.495 e. The van der Waals surface area contributed by atoms with Crippen molar-refractivity contribution >= 4 is 34.7 Å². The number of anilines is 5. The molecule has 0 spiro atoms. The molecule has 39 heavy (non-hydrogen) atoms. The van der Waals surface area contributed by atoms with E-state index in [2.05, 4.69) is 49.3 Å². The minimum atomic E-state index is -0.348. The molecule has 0 atom stereocenters. The summed E-state index contributed by atoms with van der Waals surface area (Å²) in [7, 11) is 3.78. The molecular weight excluding hydrogens is 496 g/mol. The van der Waals surface area contributed by atoms with Crippen molar-refractivity contribution in [1.29, 1.82) is 0 Å². The molecule has 0 aliphatic carbocycles. The lowest BCUT2D eigenvalue weighted by atomic mass is 10.2. The third kappa shape index (κ3) is 6.74. The number of carbonyl (C=O) groups excluding carboxylic acids is 1. The average molecular weight is 533 g/mol. The molecule has 0 radical (unpaired) electrons. The molecule has 1 aliphatic heterocycles. The van der Waals surface area contributed by atoms with Crippen molar-refractivity contribution in [3.63, 3.8) is 0 Å². The minimum absolute atomic E-state index is 0.0268. The van der Waals surface area contributed by atoms with Crippen molar-refractivity contribution in [2.45, 2.75) is 19.9 Å². The zero-order valence-electron chi connectivity index (χ0n) is 22.9. The maximum absolute atomic E-state index is 12.8. The van der Waals surface area contributed by atoms with Gasteiger partial charge in [-0.25, -0.2) is 4.98 Å². The number of aromatic nitrogens is 3. The molecule has 3 aromatic rings. The Morgan fingerprint density at radius 3 is 2.56 bits per heavy atom. The molecule has 0 bridgehead atoms. The molecule has 11 heteroatoms. The predicted octanol–water partition coefficient (Wildman–Crippen LogP) is 3.38. The zero-order chi connectivity index (χ0) is 27.9. The molecule has 2 aromatic heterocycles. The van der Waals surface area contributed by atoms with E-state index < -0.39 is 0 Å². The zero-order valence-corrected chi connectivity index (χ0v) is 22.9. The van der Waals surface area contributed by atoms with E-state index >= 15 is 0 Å². The van der Waals surface area contributed by atoms with Crippen LogP contribution in [0.2, 0.25) is 0 Å². The Hall–Kier alpha value is -4.38. The van der Waals surface area contributed by atoms with Crippen LogP contribution in [0.15, 0.2) is 60.2 Å². The summed E-state index contributed by atoms with van der Waals surface area (Å²) in [6, 6.07) is 9.00. The number of amides is 1. The van der Waals surface area contributed by atoms with Gasteiger partial charge in [-0.05, 0) is 39.1 Å². The Morgan fingerprint density at radius 1 is 1.13 bits per heavy atom. The van der Waals surface area contributed by atoms with Crippen molar-refractivity contribution in [3.8, 4) is 5.75 Å².